The van der Waals surface area contributed by atoms with E-state index >= 15 is 0 Å². The van der Waals surface area contributed by atoms with Gasteiger partial charge in [-0.05, 0) is 49.7 Å². The van der Waals surface area contributed by atoms with E-state index in [2.05, 4.69) is 5.32 Å². The number of amides is 3. The lowest BCUT2D eigenvalue weighted by Gasteiger charge is -2.23. The van der Waals surface area contributed by atoms with Crippen molar-refractivity contribution < 1.29 is 14.4 Å². The molecule has 5 heteroatoms. The number of hydrogen-bond acceptors (Lipinski definition) is 3. The van der Waals surface area contributed by atoms with Crippen LogP contribution >= 0.6 is 0 Å². The highest BCUT2D eigenvalue weighted by Gasteiger charge is 2.40. The monoisotopic (exact) mass is 326 g/mol. The van der Waals surface area contributed by atoms with Crippen molar-refractivity contribution in [2.45, 2.75) is 44.6 Å². The Hall–Kier alpha value is -2.17. The topological polar surface area (TPSA) is 66.5 Å². The average molecular weight is 326 g/mol. The Balaban J connectivity index is 1.27. The molecular weight excluding hydrogens is 304 g/mol. The summed E-state index contributed by atoms with van der Waals surface area (Å²) in [5.41, 5.74) is 0.933. The molecule has 1 aliphatic heterocycles. The van der Waals surface area contributed by atoms with Gasteiger partial charge in [-0.25, -0.2) is 0 Å². The Kier molecular flexibility index (Phi) is 3.87. The number of benzene rings is 1. The molecule has 0 spiro atoms. The zero-order chi connectivity index (χ0) is 16.7. The first-order chi connectivity index (χ1) is 11.6. The molecule has 1 heterocycles. The first kappa shape index (κ1) is 15.4. The van der Waals surface area contributed by atoms with Crippen molar-refractivity contribution in [2.24, 2.45) is 11.8 Å². The van der Waals surface area contributed by atoms with E-state index < -0.39 is 0 Å². The maximum absolute atomic E-state index is 12.3. The van der Waals surface area contributed by atoms with Crippen LogP contribution in [0.15, 0.2) is 24.3 Å². The van der Waals surface area contributed by atoms with Crippen molar-refractivity contribution in [3.8, 4) is 0 Å². The van der Waals surface area contributed by atoms with E-state index in [1.54, 1.807) is 24.3 Å². The number of imide groups is 1. The van der Waals surface area contributed by atoms with E-state index in [4.69, 9.17) is 0 Å². The molecule has 126 valence electrons. The third-order valence-electron chi connectivity index (χ3n) is 5.75. The van der Waals surface area contributed by atoms with Crippen LogP contribution in [0.5, 0.6) is 0 Å². The second-order valence-electron chi connectivity index (χ2n) is 7.26. The molecule has 24 heavy (non-hydrogen) atoms. The Morgan fingerprint density at radius 3 is 2.38 bits per heavy atom. The van der Waals surface area contributed by atoms with Gasteiger partial charge in [0.05, 0.1) is 11.1 Å². The Morgan fingerprint density at radius 1 is 1.08 bits per heavy atom. The smallest absolute Gasteiger partial charge is 0.261 e. The van der Waals surface area contributed by atoms with Crippen LogP contribution in [0.3, 0.4) is 0 Å². The van der Waals surface area contributed by atoms with Crippen molar-refractivity contribution in [2.75, 3.05) is 6.54 Å². The lowest BCUT2D eigenvalue weighted by atomic mass is 9.95. The normalized spacial score (nSPS) is 27.7. The standard InChI is InChI=1S/C19H22N2O3/c22-17(20-16-11-12-7-8-13(16)10-12)6-3-9-21-18(23)14-4-1-2-5-15(14)19(21)24/h1-2,4-5,12-13,16H,3,6-11H2,(H,20,22)/t12-,13+,16+/m0/s1. The van der Waals surface area contributed by atoms with Crippen molar-refractivity contribution in [3.63, 3.8) is 0 Å². The van der Waals surface area contributed by atoms with Crippen LogP contribution in [0.25, 0.3) is 0 Å². The fourth-order valence-corrected chi connectivity index (χ4v) is 4.54. The van der Waals surface area contributed by atoms with Crippen molar-refractivity contribution in [1.82, 2.24) is 10.2 Å². The molecule has 1 N–H and O–H groups in total. The number of nitrogens with zero attached hydrogens (tertiary/aromatic N) is 1. The Bertz CT molecular complexity index is 665. The van der Waals surface area contributed by atoms with E-state index in [9.17, 15) is 14.4 Å². The third-order valence-corrected chi connectivity index (χ3v) is 5.75. The zero-order valence-corrected chi connectivity index (χ0v) is 13.7. The van der Waals surface area contributed by atoms with Crippen LogP contribution < -0.4 is 5.32 Å². The molecule has 0 saturated heterocycles. The van der Waals surface area contributed by atoms with Gasteiger partial charge in [0.15, 0.2) is 0 Å². The molecule has 5 nitrogen and oxygen atoms in total. The number of rotatable bonds is 5. The van der Waals surface area contributed by atoms with Crippen LogP contribution in [-0.2, 0) is 4.79 Å². The van der Waals surface area contributed by atoms with Gasteiger partial charge in [-0.15, -0.1) is 0 Å². The van der Waals surface area contributed by atoms with Gasteiger partial charge in [0, 0.05) is 19.0 Å². The van der Waals surface area contributed by atoms with Crippen molar-refractivity contribution in [1.29, 1.82) is 0 Å². The number of carbonyl (C=O) groups is 3. The van der Waals surface area contributed by atoms with Crippen LogP contribution in [0.4, 0.5) is 0 Å². The predicted octanol–water partition coefficient (Wildman–Crippen LogP) is 2.37. The molecule has 1 aromatic carbocycles. The third kappa shape index (κ3) is 2.62. The van der Waals surface area contributed by atoms with E-state index in [1.807, 2.05) is 0 Å². The minimum Gasteiger partial charge on any atom is -0.353 e. The number of nitrogens with one attached hydrogen (secondary N) is 1. The molecule has 0 unspecified atom stereocenters. The first-order valence-corrected chi connectivity index (χ1v) is 8.88. The van der Waals surface area contributed by atoms with Crippen LogP contribution in [-0.4, -0.2) is 35.2 Å². The van der Waals surface area contributed by atoms with Crippen LogP contribution in [0.2, 0.25) is 0 Å². The quantitative estimate of drug-likeness (QED) is 0.845. The fraction of sp³-hybridized carbons (Fsp3) is 0.526. The Labute approximate surface area is 141 Å². The molecule has 2 bridgehead atoms. The average Bonchev–Trinajstić information content (AvgIpc) is 3.25. The summed E-state index contributed by atoms with van der Waals surface area (Å²) in [6.45, 7) is 0.302. The van der Waals surface area contributed by atoms with Gasteiger partial charge < -0.3 is 5.32 Å². The molecule has 3 atom stereocenters. The highest BCUT2D eigenvalue weighted by Crippen LogP contribution is 2.44. The summed E-state index contributed by atoms with van der Waals surface area (Å²) >= 11 is 0. The van der Waals surface area contributed by atoms with Crippen LogP contribution in [0.1, 0.15) is 59.2 Å². The van der Waals surface area contributed by atoms with Crippen molar-refractivity contribution in [3.05, 3.63) is 35.4 Å². The van der Waals surface area contributed by atoms with Gasteiger partial charge in [-0.2, -0.15) is 0 Å². The second-order valence-corrected chi connectivity index (χ2v) is 7.26. The minimum atomic E-state index is -0.246. The molecule has 2 saturated carbocycles. The van der Waals surface area contributed by atoms with Crippen LogP contribution in [0, 0.1) is 11.8 Å². The largest absolute Gasteiger partial charge is 0.353 e. The highest BCUT2D eigenvalue weighted by molar-refractivity contribution is 6.21. The minimum absolute atomic E-state index is 0.0455. The summed E-state index contributed by atoms with van der Waals surface area (Å²) in [7, 11) is 0. The van der Waals surface area contributed by atoms with Gasteiger partial charge in [0.2, 0.25) is 5.91 Å². The van der Waals surface area contributed by atoms with E-state index in [0.717, 1.165) is 12.3 Å². The molecule has 3 aliphatic rings. The number of hydrogen-bond donors (Lipinski definition) is 1. The Morgan fingerprint density at radius 2 is 1.79 bits per heavy atom. The molecule has 2 fully saturated rings. The van der Waals surface area contributed by atoms with Gasteiger partial charge in [0.25, 0.3) is 11.8 Å². The SMILES string of the molecule is O=C(CCCN1C(=O)c2ccccc2C1=O)N[C@@H]1C[C@H]2CC[C@@H]1C2. The van der Waals surface area contributed by atoms with Gasteiger partial charge in [-0.1, -0.05) is 18.6 Å². The first-order valence-electron chi connectivity index (χ1n) is 8.88. The van der Waals surface area contributed by atoms with E-state index in [0.29, 0.717) is 42.5 Å². The maximum Gasteiger partial charge on any atom is 0.261 e. The lowest BCUT2D eigenvalue weighted by molar-refractivity contribution is -0.122. The highest BCUT2D eigenvalue weighted by atomic mass is 16.2. The molecular formula is C19H22N2O3. The predicted molar refractivity (Wildman–Crippen MR) is 88.4 cm³/mol. The summed E-state index contributed by atoms with van der Waals surface area (Å²) in [4.78, 5) is 37.9. The number of carbonyl (C=O) groups excluding carboxylic acids is 3. The molecule has 0 aromatic heterocycles. The lowest BCUT2D eigenvalue weighted by Crippen LogP contribution is -2.39. The van der Waals surface area contributed by atoms with Gasteiger partial charge >= 0.3 is 0 Å². The summed E-state index contributed by atoms with van der Waals surface area (Å²) in [5, 5.41) is 3.15. The zero-order valence-electron chi connectivity index (χ0n) is 13.7. The van der Waals surface area contributed by atoms with Gasteiger partial charge in [0.1, 0.15) is 0 Å². The molecule has 3 amide bonds. The molecule has 2 aliphatic carbocycles. The maximum atomic E-state index is 12.3. The van der Waals surface area contributed by atoms with E-state index in [1.165, 1.54) is 24.2 Å². The number of fused-ring (bicyclic) bond motifs is 3. The molecule has 4 rings (SSSR count). The molecule has 0 radical (unpaired) electrons. The van der Waals surface area contributed by atoms with Gasteiger partial charge in [-0.3, -0.25) is 19.3 Å². The summed E-state index contributed by atoms with van der Waals surface area (Å²) in [5.74, 6) is 1.02. The second kappa shape index (κ2) is 6.04. The summed E-state index contributed by atoms with van der Waals surface area (Å²) in [6.07, 6.45) is 5.82. The summed E-state index contributed by atoms with van der Waals surface area (Å²) < 4.78 is 0. The molecule has 1 aromatic rings. The van der Waals surface area contributed by atoms with Crippen molar-refractivity contribution >= 4 is 17.7 Å². The van der Waals surface area contributed by atoms with E-state index in [-0.39, 0.29) is 17.7 Å². The summed E-state index contributed by atoms with van der Waals surface area (Å²) in [6, 6.07) is 7.22. The fourth-order valence-electron chi connectivity index (χ4n) is 4.54.